The molecule has 0 spiro atoms. The fraction of sp³-hybridized carbons (Fsp3) is 0.200. The maximum absolute atomic E-state index is 12.1. The highest BCUT2D eigenvalue weighted by molar-refractivity contribution is 6.29. The third kappa shape index (κ3) is 2.33. The SMILES string of the molecule is FCCn1cc(-c2cccc(Cl)n2)cn1. The van der Waals surface area contributed by atoms with Crippen molar-refractivity contribution in [1.29, 1.82) is 0 Å². The molecule has 15 heavy (non-hydrogen) atoms. The summed E-state index contributed by atoms with van der Waals surface area (Å²) in [5, 5.41) is 4.44. The average molecular weight is 226 g/mol. The second kappa shape index (κ2) is 4.40. The molecular weight excluding hydrogens is 217 g/mol. The van der Waals surface area contributed by atoms with Gasteiger partial charge in [0, 0.05) is 11.8 Å². The largest absolute Gasteiger partial charge is 0.269 e. The van der Waals surface area contributed by atoms with E-state index in [-0.39, 0.29) is 6.54 Å². The minimum Gasteiger partial charge on any atom is -0.269 e. The van der Waals surface area contributed by atoms with E-state index in [1.165, 1.54) is 4.68 Å². The molecule has 0 saturated heterocycles. The van der Waals surface area contributed by atoms with Crippen molar-refractivity contribution in [2.75, 3.05) is 6.67 Å². The van der Waals surface area contributed by atoms with Gasteiger partial charge in [0.15, 0.2) is 0 Å². The number of halogens is 2. The van der Waals surface area contributed by atoms with Crippen molar-refractivity contribution < 1.29 is 4.39 Å². The van der Waals surface area contributed by atoms with E-state index in [1.54, 1.807) is 18.5 Å². The van der Waals surface area contributed by atoms with Gasteiger partial charge in [-0.25, -0.2) is 9.37 Å². The van der Waals surface area contributed by atoms with E-state index < -0.39 is 6.67 Å². The maximum Gasteiger partial charge on any atom is 0.129 e. The van der Waals surface area contributed by atoms with Gasteiger partial charge in [0.25, 0.3) is 0 Å². The number of nitrogens with zero attached hydrogens (tertiary/aromatic N) is 3. The fourth-order valence-corrected chi connectivity index (χ4v) is 1.44. The summed E-state index contributed by atoms with van der Waals surface area (Å²) in [6.45, 7) is -0.162. The van der Waals surface area contributed by atoms with Crippen molar-refractivity contribution in [1.82, 2.24) is 14.8 Å². The normalized spacial score (nSPS) is 10.5. The van der Waals surface area contributed by atoms with Crippen LogP contribution in [-0.2, 0) is 6.54 Å². The lowest BCUT2D eigenvalue weighted by atomic mass is 10.2. The second-order valence-corrected chi connectivity index (χ2v) is 3.41. The molecule has 78 valence electrons. The van der Waals surface area contributed by atoms with Gasteiger partial charge in [-0.3, -0.25) is 4.68 Å². The number of hydrogen-bond donors (Lipinski definition) is 0. The maximum atomic E-state index is 12.1. The lowest BCUT2D eigenvalue weighted by molar-refractivity contribution is 0.427. The molecule has 0 aliphatic carbocycles. The van der Waals surface area contributed by atoms with Crippen LogP contribution in [0.3, 0.4) is 0 Å². The van der Waals surface area contributed by atoms with Gasteiger partial charge in [-0.1, -0.05) is 17.7 Å². The van der Waals surface area contributed by atoms with Gasteiger partial charge in [0.05, 0.1) is 18.4 Å². The molecule has 0 fully saturated rings. The number of pyridine rings is 1. The molecule has 2 heterocycles. The Hall–Kier alpha value is -1.42. The third-order valence-electron chi connectivity index (χ3n) is 1.96. The Balaban J connectivity index is 2.29. The molecule has 0 aromatic carbocycles. The van der Waals surface area contributed by atoms with Crippen LogP contribution in [0.2, 0.25) is 5.15 Å². The first kappa shape index (κ1) is 10.1. The Morgan fingerprint density at radius 2 is 2.27 bits per heavy atom. The number of hydrogen-bond acceptors (Lipinski definition) is 2. The molecule has 0 bridgehead atoms. The number of alkyl halides is 1. The molecule has 0 unspecified atom stereocenters. The van der Waals surface area contributed by atoms with Crippen LogP contribution in [0, 0.1) is 0 Å². The van der Waals surface area contributed by atoms with Crippen molar-refractivity contribution in [3.63, 3.8) is 0 Å². The number of aromatic nitrogens is 3. The molecule has 0 aliphatic heterocycles. The Kier molecular flexibility index (Phi) is 2.97. The molecular formula is C10H9ClFN3. The van der Waals surface area contributed by atoms with Gasteiger partial charge in [-0.05, 0) is 12.1 Å². The monoisotopic (exact) mass is 225 g/mol. The Labute approximate surface area is 91.5 Å². The smallest absolute Gasteiger partial charge is 0.129 e. The summed E-state index contributed by atoms with van der Waals surface area (Å²) in [4.78, 5) is 4.14. The van der Waals surface area contributed by atoms with E-state index >= 15 is 0 Å². The lowest BCUT2D eigenvalue weighted by Gasteiger charge is -1.96. The summed E-state index contributed by atoms with van der Waals surface area (Å²) in [5.41, 5.74) is 1.58. The van der Waals surface area contributed by atoms with Crippen molar-refractivity contribution in [2.24, 2.45) is 0 Å². The van der Waals surface area contributed by atoms with Gasteiger partial charge < -0.3 is 0 Å². The van der Waals surface area contributed by atoms with E-state index in [2.05, 4.69) is 10.1 Å². The summed E-state index contributed by atoms with van der Waals surface area (Å²) < 4.78 is 13.6. The van der Waals surface area contributed by atoms with Crippen molar-refractivity contribution in [3.05, 3.63) is 35.7 Å². The molecule has 0 atom stereocenters. The van der Waals surface area contributed by atoms with E-state index in [9.17, 15) is 4.39 Å². The van der Waals surface area contributed by atoms with Crippen LogP contribution in [0.5, 0.6) is 0 Å². The highest BCUT2D eigenvalue weighted by Gasteiger charge is 2.03. The average Bonchev–Trinajstić information content (AvgIpc) is 2.67. The molecule has 2 rings (SSSR count). The summed E-state index contributed by atoms with van der Waals surface area (Å²) in [5.74, 6) is 0. The first-order valence-electron chi connectivity index (χ1n) is 4.51. The van der Waals surface area contributed by atoms with Crippen LogP contribution in [0.4, 0.5) is 4.39 Å². The molecule has 2 aromatic rings. The standard InChI is InChI=1S/C10H9ClFN3/c11-10-3-1-2-9(14-10)8-6-13-15(7-8)5-4-12/h1-3,6-7H,4-5H2. The van der Waals surface area contributed by atoms with Gasteiger partial charge in [0.2, 0.25) is 0 Å². The molecule has 5 heteroatoms. The predicted octanol–water partition coefficient (Wildman–Crippen LogP) is 2.57. The molecule has 0 radical (unpaired) electrons. The number of aryl methyl sites for hydroxylation is 1. The van der Waals surface area contributed by atoms with Crippen LogP contribution in [0.15, 0.2) is 30.6 Å². The zero-order valence-electron chi connectivity index (χ0n) is 7.90. The van der Waals surface area contributed by atoms with Gasteiger partial charge in [-0.15, -0.1) is 0 Å². The number of rotatable bonds is 3. The van der Waals surface area contributed by atoms with Crippen LogP contribution >= 0.6 is 11.6 Å². The second-order valence-electron chi connectivity index (χ2n) is 3.03. The zero-order chi connectivity index (χ0) is 10.7. The predicted molar refractivity (Wildman–Crippen MR) is 56.4 cm³/mol. The molecule has 0 saturated carbocycles. The fourth-order valence-electron chi connectivity index (χ4n) is 1.27. The summed E-state index contributed by atoms with van der Waals surface area (Å²) in [7, 11) is 0. The van der Waals surface area contributed by atoms with E-state index in [1.807, 2.05) is 12.1 Å². The Morgan fingerprint density at radius 3 is 3.00 bits per heavy atom. The molecule has 3 nitrogen and oxygen atoms in total. The summed E-state index contributed by atoms with van der Waals surface area (Å²) in [6.07, 6.45) is 3.40. The van der Waals surface area contributed by atoms with Crippen LogP contribution < -0.4 is 0 Å². The van der Waals surface area contributed by atoms with Crippen LogP contribution in [-0.4, -0.2) is 21.4 Å². The van der Waals surface area contributed by atoms with Gasteiger partial charge in [0.1, 0.15) is 11.8 Å². The molecule has 2 aromatic heterocycles. The zero-order valence-corrected chi connectivity index (χ0v) is 8.65. The minimum absolute atomic E-state index is 0.264. The van der Waals surface area contributed by atoms with E-state index in [4.69, 9.17) is 11.6 Å². The molecule has 0 aliphatic rings. The topological polar surface area (TPSA) is 30.7 Å². The first-order valence-corrected chi connectivity index (χ1v) is 4.89. The minimum atomic E-state index is -0.426. The van der Waals surface area contributed by atoms with Crippen LogP contribution in [0.25, 0.3) is 11.3 Å². The van der Waals surface area contributed by atoms with Gasteiger partial charge in [-0.2, -0.15) is 5.10 Å². The van der Waals surface area contributed by atoms with Crippen molar-refractivity contribution >= 4 is 11.6 Å². The highest BCUT2D eigenvalue weighted by Crippen LogP contribution is 2.17. The molecule has 0 N–H and O–H groups in total. The van der Waals surface area contributed by atoms with Gasteiger partial charge >= 0.3 is 0 Å². The Morgan fingerprint density at radius 1 is 1.40 bits per heavy atom. The molecule has 0 amide bonds. The first-order chi connectivity index (χ1) is 7.29. The third-order valence-corrected chi connectivity index (χ3v) is 2.17. The van der Waals surface area contributed by atoms with E-state index in [0.717, 1.165) is 11.3 Å². The van der Waals surface area contributed by atoms with Crippen molar-refractivity contribution in [3.8, 4) is 11.3 Å². The highest BCUT2D eigenvalue weighted by atomic mass is 35.5. The quantitative estimate of drug-likeness (QED) is 0.752. The summed E-state index contributed by atoms with van der Waals surface area (Å²) in [6, 6.07) is 5.36. The van der Waals surface area contributed by atoms with E-state index in [0.29, 0.717) is 5.15 Å². The lowest BCUT2D eigenvalue weighted by Crippen LogP contribution is -1.98. The summed E-state index contributed by atoms with van der Waals surface area (Å²) >= 11 is 5.76. The van der Waals surface area contributed by atoms with Crippen molar-refractivity contribution in [2.45, 2.75) is 6.54 Å². The Bertz CT molecular complexity index is 455. The van der Waals surface area contributed by atoms with Crippen LogP contribution in [0.1, 0.15) is 0 Å².